The third-order valence-electron chi connectivity index (χ3n) is 4.59. The van der Waals surface area contributed by atoms with Gasteiger partial charge in [-0.3, -0.25) is 9.59 Å². The van der Waals surface area contributed by atoms with Gasteiger partial charge >= 0.3 is 0 Å². The molecule has 0 aromatic rings. The average molecular weight is 266 g/mol. The first-order valence-corrected chi connectivity index (χ1v) is 7.25. The summed E-state index contributed by atoms with van der Waals surface area (Å²) in [5.41, 5.74) is -0.282. The molecule has 3 fully saturated rings. The summed E-state index contributed by atoms with van der Waals surface area (Å²) in [7, 11) is 0. The van der Waals surface area contributed by atoms with Crippen molar-refractivity contribution in [2.75, 3.05) is 13.2 Å². The summed E-state index contributed by atoms with van der Waals surface area (Å²) in [6, 6.07) is -0.683. The number of nitrogens with one attached hydrogen (secondary N) is 1. The van der Waals surface area contributed by atoms with E-state index in [-0.39, 0.29) is 29.5 Å². The zero-order valence-corrected chi connectivity index (χ0v) is 11.6. The number of amides is 2. The summed E-state index contributed by atoms with van der Waals surface area (Å²) in [6.45, 7) is 5.13. The summed E-state index contributed by atoms with van der Waals surface area (Å²) in [6.07, 6.45) is 4.09. The highest BCUT2D eigenvalue weighted by atomic mass is 16.5. The maximum atomic E-state index is 12.5. The third kappa shape index (κ3) is 2.36. The lowest BCUT2D eigenvalue weighted by Gasteiger charge is -2.41. The predicted molar refractivity (Wildman–Crippen MR) is 69.4 cm³/mol. The molecule has 0 spiro atoms. The van der Waals surface area contributed by atoms with Gasteiger partial charge in [-0.15, -0.1) is 0 Å². The van der Waals surface area contributed by atoms with Gasteiger partial charge in [-0.25, -0.2) is 0 Å². The van der Waals surface area contributed by atoms with Crippen molar-refractivity contribution in [3.63, 3.8) is 0 Å². The molecule has 0 aromatic heterocycles. The summed E-state index contributed by atoms with van der Waals surface area (Å²) in [5.74, 6) is 0.396. The lowest BCUT2D eigenvalue weighted by molar-refractivity contribution is -0.153. The van der Waals surface area contributed by atoms with Crippen LogP contribution in [0, 0.1) is 5.92 Å². The van der Waals surface area contributed by atoms with Crippen LogP contribution >= 0.6 is 0 Å². The van der Waals surface area contributed by atoms with Crippen molar-refractivity contribution >= 4 is 11.8 Å². The van der Waals surface area contributed by atoms with Gasteiger partial charge in [0.15, 0.2) is 0 Å². The molecule has 1 aliphatic carbocycles. The van der Waals surface area contributed by atoms with E-state index in [1.54, 1.807) is 11.8 Å². The molecular weight excluding hydrogens is 244 g/mol. The van der Waals surface area contributed by atoms with Gasteiger partial charge in [-0.2, -0.15) is 0 Å². The van der Waals surface area contributed by atoms with Crippen LogP contribution in [0.3, 0.4) is 0 Å². The Morgan fingerprint density at radius 3 is 2.74 bits per heavy atom. The molecule has 0 radical (unpaired) electrons. The molecule has 1 saturated carbocycles. The largest absolute Gasteiger partial charge is 0.373 e. The van der Waals surface area contributed by atoms with Gasteiger partial charge in [0, 0.05) is 6.61 Å². The predicted octanol–water partition coefficient (Wildman–Crippen LogP) is 0.681. The first kappa shape index (κ1) is 12.9. The molecule has 106 valence electrons. The van der Waals surface area contributed by atoms with Crippen molar-refractivity contribution in [1.82, 2.24) is 10.2 Å². The van der Waals surface area contributed by atoms with Crippen molar-refractivity contribution in [2.45, 2.75) is 57.2 Å². The standard InChI is InChI=1S/C14H22N2O3/c1-9-12(17)15-11(10-4-5-10)13(18)16(9)8-14(2)6-3-7-19-14/h9-11H,3-8H2,1-2H3,(H,15,17). The maximum Gasteiger partial charge on any atom is 0.246 e. The fraction of sp³-hybridized carbons (Fsp3) is 0.857. The number of ether oxygens (including phenoxy) is 1. The zero-order valence-electron chi connectivity index (χ0n) is 11.6. The number of carbonyl (C=O) groups excluding carboxylic acids is 2. The highest BCUT2D eigenvalue weighted by Crippen LogP contribution is 2.36. The lowest BCUT2D eigenvalue weighted by Crippen LogP contribution is -2.65. The van der Waals surface area contributed by atoms with Crippen LogP contribution in [0.25, 0.3) is 0 Å². The molecule has 5 heteroatoms. The Morgan fingerprint density at radius 2 is 2.16 bits per heavy atom. The van der Waals surface area contributed by atoms with Crippen molar-refractivity contribution in [3.8, 4) is 0 Å². The van der Waals surface area contributed by atoms with Crippen LogP contribution in [0.2, 0.25) is 0 Å². The van der Waals surface area contributed by atoms with Crippen molar-refractivity contribution in [3.05, 3.63) is 0 Å². The molecule has 5 nitrogen and oxygen atoms in total. The minimum atomic E-state index is -0.386. The van der Waals surface area contributed by atoms with E-state index in [1.165, 1.54) is 0 Å². The Bertz CT molecular complexity index is 399. The molecule has 1 N–H and O–H groups in total. The van der Waals surface area contributed by atoms with Crippen molar-refractivity contribution in [2.24, 2.45) is 5.92 Å². The molecular formula is C14H22N2O3. The maximum absolute atomic E-state index is 12.5. The second-order valence-electron chi connectivity index (χ2n) is 6.37. The van der Waals surface area contributed by atoms with E-state index < -0.39 is 0 Å². The number of piperazine rings is 1. The summed E-state index contributed by atoms with van der Waals surface area (Å²) < 4.78 is 5.76. The summed E-state index contributed by atoms with van der Waals surface area (Å²) >= 11 is 0. The van der Waals surface area contributed by atoms with Crippen LogP contribution < -0.4 is 5.32 Å². The van der Waals surface area contributed by atoms with Crippen molar-refractivity contribution in [1.29, 1.82) is 0 Å². The van der Waals surface area contributed by atoms with Gasteiger partial charge in [0.1, 0.15) is 12.1 Å². The second-order valence-corrected chi connectivity index (χ2v) is 6.37. The van der Waals surface area contributed by atoms with E-state index in [4.69, 9.17) is 4.74 Å². The Hall–Kier alpha value is -1.10. The summed E-state index contributed by atoms with van der Waals surface area (Å²) in [4.78, 5) is 26.3. The first-order valence-electron chi connectivity index (χ1n) is 7.25. The highest BCUT2D eigenvalue weighted by Gasteiger charge is 2.47. The van der Waals surface area contributed by atoms with Crippen LogP contribution in [0.1, 0.15) is 39.5 Å². The van der Waals surface area contributed by atoms with Crippen LogP contribution in [-0.4, -0.2) is 47.6 Å². The Kier molecular flexibility index (Phi) is 3.04. The normalized spacial score (nSPS) is 39.6. The molecule has 3 aliphatic rings. The molecule has 3 rings (SSSR count). The molecule has 3 unspecified atom stereocenters. The minimum Gasteiger partial charge on any atom is -0.373 e. The van der Waals surface area contributed by atoms with Gasteiger partial charge in [-0.05, 0) is 45.4 Å². The van der Waals surface area contributed by atoms with E-state index in [1.807, 2.05) is 6.92 Å². The van der Waals surface area contributed by atoms with E-state index in [0.717, 1.165) is 32.3 Å². The molecule has 2 saturated heterocycles. The molecule has 2 heterocycles. The minimum absolute atomic E-state index is 0.0295. The van der Waals surface area contributed by atoms with E-state index in [2.05, 4.69) is 5.32 Å². The molecule has 2 amide bonds. The van der Waals surface area contributed by atoms with Crippen molar-refractivity contribution < 1.29 is 14.3 Å². The third-order valence-corrected chi connectivity index (χ3v) is 4.59. The fourth-order valence-corrected chi connectivity index (χ4v) is 3.13. The topological polar surface area (TPSA) is 58.6 Å². The zero-order chi connectivity index (χ0) is 13.6. The number of hydrogen-bond donors (Lipinski definition) is 1. The second kappa shape index (κ2) is 4.47. The average Bonchev–Trinajstić information content (AvgIpc) is 3.13. The van der Waals surface area contributed by atoms with Crippen LogP contribution in [0.15, 0.2) is 0 Å². The molecule has 0 bridgehead atoms. The highest BCUT2D eigenvalue weighted by molar-refractivity contribution is 5.97. The first-order chi connectivity index (χ1) is 9.00. The number of hydrogen-bond acceptors (Lipinski definition) is 3. The number of rotatable bonds is 3. The quantitative estimate of drug-likeness (QED) is 0.817. The van der Waals surface area contributed by atoms with E-state index in [9.17, 15) is 9.59 Å². The Labute approximate surface area is 113 Å². The molecule has 0 aromatic carbocycles. The van der Waals surface area contributed by atoms with Crippen LogP contribution in [0.5, 0.6) is 0 Å². The van der Waals surface area contributed by atoms with Gasteiger partial charge in [0.05, 0.1) is 12.1 Å². The monoisotopic (exact) mass is 266 g/mol. The molecule has 19 heavy (non-hydrogen) atoms. The lowest BCUT2D eigenvalue weighted by atomic mass is 9.98. The van der Waals surface area contributed by atoms with Crippen LogP contribution in [0.4, 0.5) is 0 Å². The van der Waals surface area contributed by atoms with E-state index >= 15 is 0 Å². The fourth-order valence-electron chi connectivity index (χ4n) is 3.13. The molecule has 2 aliphatic heterocycles. The van der Waals surface area contributed by atoms with Gasteiger partial charge in [0.2, 0.25) is 11.8 Å². The number of nitrogens with zero attached hydrogens (tertiary/aromatic N) is 1. The van der Waals surface area contributed by atoms with Gasteiger partial charge in [0.25, 0.3) is 0 Å². The Morgan fingerprint density at radius 1 is 1.42 bits per heavy atom. The van der Waals surface area contributed by atoms with E-state index in [0.29, 0.717) is 12.5 Å². The molecule has 3 atom stereocenters. The summed E-state index contributed by atoms with van der Waals surface area (Å²) in [5, 5.41) is 2.87. The number of carbonyl (C=O) groups is 2. The Balaban J connectivity index is 1.76. The van der Waals surface area contributed by atoms with Crippen LogP contribution in [-0.2, 0) is 14.3 Å². The van der Waals surface area contributed by atoms with Gasteiger partial charge in [-0.1, -0.05) is 0 Å². The smallest absolute Gasteiger partial charge is 0.246 e. The SMILES string of the molecule is CC1C(=O)NC(C2CC2)C(=O)N1CC1(C)CCCO1. The van der Waals surface area contributed by atoms with Gasteiger partial charge < -0.3 is 15.0 Å².